The Morgan fingerprint density at radius 3 is 2.89 bits per heavy atom. The summed E-state index contributed by atoms with van der Waals surface area (Å²) in [6, 6.07) is 2.21. The maximum atomic E-state index is 5.81. The van der Waals surface area contributed by atoms with Gasteiger partial charge >= 0.3 is 0 Å². The molecule has 1 aliphatic carbocycles. The van der Waals surface area contributed by atoms with E-state index < -0.39 is 0 Å². The molecular weight excluding hydrogens is 230 g/mol. The minimum atomic E-state index is 0.353. The summed E-state index contributed by atoms with van der Waals surface area (Å²) in [5.41, 5.74) is 0. The number of rotatable bonds is 4. The predicted octanol–water partition coefficient (Wildman–Crippen LogP) is 1.77. The third kappa shape index (κ3) is 2.41. The highest BCUT2D eigenvalue weighted by Crippen LogP contribution is 2.39. The molecule has 5 nitrogen and oxygen atoms in total. The minimum absolute atomic E-state index is 0.353. The van der Waals surface area contributed by atoms with Gasteiger partial charge in [-0.2, -0.15) is 4.98 Å². The van der Waals surface area contributed by atoms with Crippen molar-refractivity contribution in [3.63, 3.8) is 0 Å². The topological polar surface area (TPSA) is 56.3 Å². The normalized spacial score (nSPS) is 27.2. The molecule has 3 rings (SSSR count). The molecule has 1 saturated heterocycles. The molecule has 5 heteroatoms. The standard InChI is InChI=1S/C13H19N3O2/c1-8-14-11(7-12(15-8)17-2)16-10-5-6-18-13(10)9-3-4-9/h7,9-10,13H,3-6H2,1-2H3,(H,14,15,16). The molecule has 2 unspecified atom stereocenters. The number of hydrogen-bond acceptors (Lipinski definition) is 5. The molecule has 0 bridgehead atoms. The van der Waals surface area contributed by atoms with Crippen molar-refractivity contribution >= 4 is 5.82 Å². The van der Waals surface area contributed by atoms with Gasteiger partial charge in [0.25, 0.3) is 0 Å². The summed E-state index contributed by atoms with van der Waals surface area (Å²) in [6.07, 6.45) is 4.00. The highest BCUT2D eigenvalue weighted by molar-refractivity contribution is 5.40. The predicted molar refractivity (Wildman–Crippen MR) is 67.8 cm³/mol. The van der Waals surface area contributed by atoms with Crippen molar-refractivity contribution in [2.24, 2.45) is 5.92 Å². The number of ether oxygens (including phenoxy) is 2. The molecule has 2 heterocycles. The van der Waals surface area contributed by atoms with Gasteiger partial charge in [-0.1, -0.05) is 0 Å². The van der Waals surface area contributed by atoms with Crippen molar-refractivity contribution < 1.29 is 9.47 Å². The van der Waals surface area contributed by atoms with Gasteiger partial charge in [0.15, 0.2) is 0 Å². The van der Waals surface area contributed by atoms with Crippen LogP contribution >= 0.6 is 0 Å². The summed E-state index contributed by atoms with van der Waals surface area (Å²) >= 11 is 0. The smallest absolute Gasteiger partial charge is 0.218 e. The van der Waals surface area contributed by atoms with Crippen LogP contribution in [0.25, 0.3) is 0 Å². The van der Waals surface area contributed by atoms with E-state index in [1.807, 2.05) is 13.0 Å². The maximum absolute atomic E-state index is 5.81. The van der Waals surface area contributed by atoms with Crippen LogP contribution in [0.5, 0.6) is 5.88 Å². The molecule has 18 heavy (non-hydrogen) atoms. The third-order valence-corrected chi connectivity index (χ3v) is 3.58. The van der Waals surface area contributed by atoms with Gasteiger partial charge in [0.1, 0.15) is 11.6 Å². The molecule has 2 aliphatic rings. The molecule has 0 aromatic carbocycles. The summed E-state index contributed by atoms with van der Waals surface area (Å²) in [7, 11) is 1.62. The molecule has 1 saturated carbocycles. The van der Waals surface area contributed by atoms with Crippen molar-refractivity contribution in [1.82, 2.24) is 9.97 Å². The van der Waals surface area contributed by atoms with Crippen LogP contribution in [0, 0.1) is 12.8 Å². The van der Waals surface area contributed by atoms with Crippen molar-refractivity contribution in [2.75, 3.05) is 19.0 Å². The Balaban J connectivity index is 1.73. The summed E-state index contributed by atoms with van der Waals surface area (Å²) in [5.74, 6) is 2.90. The second-order valence-corrected chi connectivity index (χ2v) is 5.06. The molecule has 1 aromatic rings. The SMILES string of the molecule is COc1cc(NC2CCOC2C2CC2)nc(C)n1. The van der Waals surface area contributed by atoms with Crippen LogP contribution in [0.2, 0.25) is 0 Å². The van der Waals surface area contributed by atoms with E-state index >= 15 is 0 Å². The quantitative estimate of drug-likeness (QED) is 0.881. The number of aromatic nitrogens is 2. The lowest BCUT2D eigenvalue weighted by atomic mass is 10.1. The molecular formula is C13H19N3O2. The van der Waals surface area contributed by atoms with E-state index in [1.165, 1.54) is 12.8 Å². The molecule has 0 radical (unpaired) electrons. The van der Waals surface area contributed by atoms with Gasteiger partial charge in [-0.15, -0.1) is 0 Å². The van der Waals surface area contributed by atoms with E-state index in [-0.39, 0.29) is 0 Å². The van der Waals surface area contributed by atoms with Crippen LogP contribution in [0.3, 0.4) is 0 Å². The van der Waals surface area contributed by atoms with E-state index in [0.717, 1.165) is 30.6 Å². The first-order valence-corrected chi connectivity index (χ1v) is 6.54. The molecule has 0 amide bonds. The zero-order valence-electron chi connectivity index (χ0n) is 10.8. The minimum Gasteiger partial charge on any atom is -0.481 e. The van der Waals surface area contributed by atoms with Crippen molar-refractivity contribution in [2.45, 2.75) is 38.3 Å². The monoisotopic (exact) mass is 249 g/mol. The first kappa shape index (κ1) is 11.7. The first-order chi connectivity index (χ1) is 8.76. The van der Waals surface area contributed by atoms with Gasteiger partial charge in [0, 0.05) is 12.7 Å². The van der Waals surface area contributed by atoms with Gasteiger partial charge in [0.2, 0.25) is 5.88 Å². The average molecular weight is 249 g/mol. The van der Waals surface area contributed by atoms with E-state index in [4.69, 9.17) is 9.47 Å². The molecule has 2 fully saturated rings. The van der Waals surface area contributed by atoms with Crippen molar-refractivity contribution in [3.05, 3.63) is 11.9 Å². The van der Waals surface area contributed by atoms with E-state index in [2.05, 4.69) is 15.3 Å². The van der Waals surface area contributed by atoms with Crippen molar-refractivity contribution in [3.8, 4) is 5.88 Å². The number of aryl methyl sites for hydroxylation is 1. The Morgan fingerprint density at radius 2 is 2.17 bits per heavy atom. The highest BCUT2D eigenvalue weighted by Gasteiger charge is 2.40. The summed E-state index contributed by atoms with van der Waals surface area (Å²) < 4.78 is 11.0. The Bertz CT molecular complexity index is 434. The van der Waals surface area contributed by atoms with Gasteiger partial charge in [-0.05, 0) is 32.1 Å². The number of anilines is 1. The second-order valence-electron chi connectivity index (χ2n) is 5.06. The van der Waals surface area contributed by atoms with Crippen LogP contribution in [-0.2, 0) is 4.74 Å². The van der Waals surface area contributed by atoms with Gasteiger partial charge in [-0.3, -0.25) is 0 Å². The summed E-state index contributed by atoms with van der Waals surface area (Å²) in [5, 5.41) is 3.47. The lowest BCUT2D eigenvalue weighted by Crippen LogP contribution is -2.31. The third-order valence-electron chi connectivity index (χ3n) is 3.58. The second kappa shape index (κ2) is 4.72. The zero-order chi connectivity index (χ0) is 12.5. The van der Waals surface area contributed by atoms with Crippen LogP contribution in [-0.4, -0.2) is 35.8 Å². The summed E-state index contributed by atoms with van der Waals surface area (Å²) in [6.45, 7) is 2.72. The van der Waals surface area contributed by atoms with Crippen molar-refractivity contribution in [1.29, 1.82) is 0 Å². The average Bonchev–Trinajstić information content (AvgIpc) is 3.10. The Morgan fingerprint density at radius 1 is 1.33 bits per heavy atom. The first-order valence-electron chi connectivity index (χ1n) is 6.54. The van der Waals surface area contributed by atoms with Crippen LogP contribution < -0.4 is 10.1 Å². The fraction of sp³-hybridized carbons (Fsp3) is 0.692. The number of methoxy groups -OCH3 is 1. The Kier molecular flexibility index (Phi) is 3.07. The van der Waals surface area contributed by atoms with Gasteiger partial charge in [-0.25, -0.2) is 4.98 Å². The molecule has 2 atom stereocenters. The Hall–Kier alpha value is -1.36. The highest BCUT2D eigenvalue weighted by atomic mass is 16.5. The van der Waals surface area contributed by atoms with Crippen LogP contribution in [0.4, 0.5) is 5.82 Å². The fourth-order valence-electron chi connectivity index (χ4n) is 2.56. The number of nitrogens with one attached hydrogen (secondary N) is 1. The van der Waals surface area contributed by atoms with Gasteiger partial charge < -0.3 is 14.8 Å². The molecule has 98 valence electrons. The summed E-state index contributed by atoms with van der Waals surface area (Å²) in [4.78, 5) is 8.59. The largest absolute Gasteiger partial charge is 0.481 e. The lowest BCUT2D eigenvalue weighted by Gasteiger charge is -2.20. The van der Waals surface area contributed by atoms with E-state index in [1.54, 1.807) is 7.11 Å². The van der Waals surface area contributed by atoms with E-state index in [0.29, 0.717) is 18.0 Å². The van der Waals surface area contributed by atoms with E-state index in [9.17, 15) is 0 Å². The van der Waals surface area contributed by atoms with Gasteiger partial charge in [0.05, 0.1) is 19.3 Å². The lowest BCUT2D eigenvalue weighted by molar-refractivity contribution is 0.0898. The molecule has 1 aromatic heterocycles. The van der Waals surface area contributed by atoms with Crippen LogP contribution in [0.15, 0.2) is 6.07 Å². The van der Waals surface area contributed by atoms with Crippen LogP contribution in [0.1, 0.15) is 25.1 Å². The number of hydrogen-bond donors (Lipinski definition) is 1. The molecule has 1 N–H and O–H groups in total. The molecule has 1 aliphatic heterocycles. The molecule has 0 spiro atoms. The maximum Gasteiger partial charge on any atom is 0.218 e. The fourth-order valence-corrected chi connectivity index (χ4v) is 2.56. The zero-order valence-corrected chi connectivity index (χ0v) is 10.8. The number of nitrogens with zero attached hydrogens (tertiary/aromatic N) is 2. The Labute approximate surface area is 107 Å².